The number of hydrogen-bond donors (Lipinski definition) is 1. The van der Waals surface area contributed by atoms with Gasteiger partial charge in [-0.15, -0.1) is 0 Å². The summed E-state index contributed by atoms with van der Waals surface area (Å²) in [5.41, 5.74) is 0.00641. The van der Waals surface area contributed by atoms with Gasteiger partial charge in [0.15, 0.2) is 6.10 Å². The Morgan fingerprint density at radius 2 is 1.83 bits per heavy atom. The Morgan fingerprint density at radius 1 is 1.22 bits per heavy atom. The van der Waals surface area contributed by atoms with Crippen LogP contribution >= 0.6 is 0 Å². The van der Waals surface area contributed by atoms with E-state index in [1.165, 1.54) is 0 Å². The summed E-state index contributed by atoms with van der Waals surface area (Å²) in [6, 6.07) is 0. The minimum atomic E-state index is -0.328. The SMILES string of the molecule is CC1(C)CC(OC(=O)C2CCCO2)CC(C)(C)N1. The Balaban J connectivity index is 1.94. The van der Waals surface area contributed by atoms with Gasteiger partial charge in [0.2, 0.25) is 0 Å². The van der Waals surface area contributed by atoms with Gasteiger partial charge in [0.25, 0.3) is 0 Å². The molecule has 1 atom stereocenters. The predicted octanol–water partition coefficient (Wildman–Crippen LogP) is 2.02. The first-order valence-electron chi connectivity index (χ1n) is 6.89. The zero-order chi connectivity index (χ0) is 13.4. The predicted molar refractivity (Wildman–Crippen MR) is 69.4 cm³/mol. The fraction of sp³-hybridized carbons (Fsp3) is 0.929. The van der Waals surface area contributed by atoms with Gasteiger partial charge in [-0.3, -0.25) is 0 Å². The van der Waals surface area contributed by atoms with Crippen molar-refractivity contribution in [2.75, 3.05) is 6.61 Å². The molecule has 0 bridgehead atoms. The van der Waals surface area contributed by atoms with E-state index in [2.05, 4.69) is 33.0 Å². The average Bonchev–Trinajstić information content (AvgIpc) is 2.63. The van der Waals surface area contributed by atoms with Gasteiger partial charge < -0.3 is 14.8 Å². The van der Waals surface area contributed by atoms with E-state index in [0.717, 1.165) is 25.7 Å². The quantitative estimate of drug-likeness (QED) is 0.767. The molecule has 4 nitrogen and oxygen atoms in total. The van der Waals surface area contributed by atoms with Gasteiger partial charge in [-0.25, -0.2) is 4.79 Å². The van der Waals surface area contributed by atoms with Crippen molar-refractivity contribution in [2.45, 2.75) is 76.7 Å². The van der Waals surface area contributed by atoms with Crippen LogP contribution in [0.2, 0.25) is 0 Å². The highest BCUT2D eigenvalue weighted by Crippen LogP contribution is 2.31. The third-order valence-electron chi connectivity index (χ3n) is 3.63. The van der Waals surface area contributed by atoms with Crippen molar-refractivity contribution < 1.29 is 14.3 Å². The average molecular weight is 255 g/mol. The van der Waals surface area contributed by atoms with Crippen molar-refractivity contribution in [3.63, 3.8) is 0 Å². The molecule has 2 heterocycles. The van der Waals surface area contributed by atoms with Crippen LogP contribution in [0.1, 0.15) is 53.4 Å². The Kier molecular flexibility index (Phi) is 3.70. The van der Waals surface area contributed by atoms with Crippen LogP contribution in [0.4, 0.5) is 0 Å². The summed E-state index contributed by atoms with van der Waals surface area (Å²) in [6.07, 6.45) is 3.14. The highest BCUT2D eigenvalue weighted by molar-refractivity contribution is 5.75. The van der Waals surface area contributed by atoms with Gasteiger partial charge in [-0.1, -0.05) is 0 Å². The molecule has 2 fully saturated rings. The molecule has 1 N–H and O–H groups in total. The summed E-state index contributed by atoms with van der Waals surface area (Å²) in [5, 5.41) is 3.58. The molecule has 0 aromatic carbocycles. The van der Waals surface area contributed by atoms with E-state index in [4.69, 9.17) is 9.47 Å². The first-order valence-corrected chi connectivity index (χ1v) is 6.89. The van der Waals surface area contributed by atoms with Crippen LogP contribution in [0.25, 0.3) is 0 Å². The van der Waals surface area contributed by atoms with Crippen molar-refractivity contribution in [3.8, 4) is 0 Å². The van der Waals surface area contributed by atoms with Crippen LogP contribution in [0, 0.1) is 0 Å². The molecule has 2 saturated heterocycles. The first-order chi connectivity index (χ1) is 8.27. The summed E-state index contributed by atoms with van der Waals surface area (Å²) in [5.74, 6) is -0.175. The fourth-order valence-electron chi connectivity index (χ4n) is 3.32. The second-order valence-corrected chi connectivity index (χ2v) is 6.86. The number of hydrogen-bond acceptors (Lipinski definition) is 4. The number of esters is 1. The lowest BCUT2D eigenvalue weighted by molar-refractivity contribution is -0.163. The van der Waals surface area contributed by atoms with E-state index in [0.29, 0.717) is 6.61 Å². The molecule has 0 amide bonds. The van der Waals surface area contributed by atoms with Crippen molar-refractivity contribution >= 4 is 5.97 Å². The van der Waals surface area contributed by atoms with E-state index in [1.54, 1.807) is 0 Å². The van der Waals surface area contributed by atoms with E-state index < -0.39 is 0 Å². The van der Waals surface area contributed by atoms with Gasteiger partial charge in [0.05, 0.1) is 0 Å². The summed E-state index contributed by atoms with van der Waals surface area (Å²) in [6.45, 7) is 9.30. The fourth-order valence-corrected chi connectivity index (χ4v) is 3.32. The van der Waals surface area contributed by atoms with E-state index >= 15 is 0 Å². The van der Waals surface area contributed by atoms with Crippen molar-refractivity contribution in [1.29, 1.82) is 0 Å². The highest BCUT2D eigenvalue weighted by atomic mass is 16.6. The Hall–Kier alpha value is -0.610. The molecule has 0 saturated carbocycles. The number of carbonyl (C=O) groups excluding carboxylic acids is 1. The van der Waals surface area contributed by atoms with Gasteiger partial charge in [-0.2, -0.15) is 0 Å². The van der Waals surface area contributed by atoms with Crippen molar-refractivity contribution in [3.05, 3.63) is 0 Å². The maximum absolute atomic E-state index is 12.0. The van der Waals surface area contributed by atoms with Crippen LogP contribution in [-0.4, -0.2) is 35.9 Å². The van der Waals surface area contributed by atoms with Gasteiger partial charge in [-0.05, 0) is 40.5 Å². The molecular formula is C14H25NO3. The summed E-state index contributed by atoms with van der Waals surface area (Å²) in [4.78, 5) is 12.0. The number of nitrogens with one attached hydrogen (secondary N) is 1. The Labute approximate surface area is 109 Å². The van der Waals surface area contributed by atoms with Crippen molar-refractivity contribution in [1.82, 2.24) is 5.32 Å². The largest absolute Gasteiger partial charge is 0.460 e. The zero-order valence-electron chi connectivity index (χ0n) is 11.9. The lowest BCUT2D eigenvalue weighted by Gasteiger charge is -2.46. The standard InChI is InChI=1S/C14H25NO3/c1-13(2)8-10(9-14(3,4)15-13)18-12(16)11-6-5-7-17-11/h10-11,15H,5-9H2,1-4H3. The van der Waals surface area contributed by atoms with Crippen LogP contribution in [0.3, 0.4) is 0 Å². The van der Waals surface area contributed by atoms with Gasteiger partial charge >= 0.3 is 5.97 Å². The number of carbonyl (C=O) groups is 1. The molecule has 0 aliphatic carbocycles. The number of ether oxygens (including phenoxy) is 2. The maximum Gasteiger partial charge on any atom is 0.335 e. The van der Waals surface area contributed by atoms with Gasteiger partial charge in [0, 0.05) is 30.5 Å². The highest BCUT2D eigenvalue weighted by Gasteiger charge is 2.40. The molecule has 0 aromatic heterocycles. The normalized spacial score (nSPS) is 31.2. The van der Waals surface area contributed by atoms with Crippen LogP contribution in [0.5, 0.6) is 0 Å². The molecule has 4 heteroatoms. The summed E-state index contributed by atoms with van der Waals surface area (Å²) >= 11 is 0. The molecular weight excluding hydrogens is 230 g/mol. The summed E-state index contributed by atoms with van der Waals surface area (Å²) in [7, 11) is 0. The zero-order valence-corrected chi connectivity index (χ0v) is 11.9. The lowest BCUT2D eigenvalue weighted by Crippen LogP contribution is -2.60. The molecule has 1 unspecified atom stereocenters. The summed E-state index contributed by atoms with van der Waals surface area (Å²) < 4.78 is 11.0. The molecule has 2 aliphatic rings. The number of rotatable bonds is 2. The van der Waals surface area contributed by atoms with Crippen molar-refractivity contribution in [2.24, 2.45) is 0 Å². The molecule has 2 rings (SSSR count). The van der Waals surface area contributed by atoms with E-state index in [1.807, 2.05) is 0 Å². The number of piperidine rings is 1. The van der Waals surface area contributed by atoms with Crippen LogP contribution in [0.15, 0.2) is 0 Å². The Morgan fingerprint density at radius 3 is 2.33 bits per heavy atom. The molecule has 18 heavy (non-hydrogen) atoms. The first kappa shape index (κ1) is 13.8. The van der Waals surface area contributed by atoms with E-state index in [9.17, 15) is 4.79 Å². The third kappa shape index (κ3) is 3.45. The minimum Gasteiger partial charge on any atom is -0.460 e. The van der Waals surface area contributed by atoms with Crippen LogP contribution in [-0.2, 0) is 14.3 Å². The van der Waals surface area contributed by atoms with Crippen LogP contribution < -0.4 is 5.32 Å². The van der Waals surface area contributed by atoms with Gasteiger partial charge in [0.1, 0.15) is 6.10 Å². The second-order valence-electron chi connectivity index (χ2n) is 6.86. The molecule has 0 radical (unpaired) electrons. The third-order valence-corrected chi connectivity index (χ3v) is 3.63. The molecule has 104 valence electrons. The minimum absolute atomic E-state index is 0.00320. The second kappa shape index (κ2) is 4.82. The molecule has 0 aromatic rings. The smallest absolute Gasteiger partial charge is 0.335 e. The molecule has 0 spiro atoms. The monoisotopic (exact) mass is 255 g/mol. The maximum atomic E-state index is 12.0. The topological polar surface area (TPSA) is 47.6 Å². The lowest BCUT2D eigenvalue weighted by atomic mass is 9.81. The van der Waals surface area contributed by atoms with E-state index in [-0.39, 0.29) is 29.3 Å². The molecule has 2 aliphatic heterocycles. The Bertz CT molecular complexity index is 303.